The van der Waals surface area contributed by atoms with Crippen LogP contribution in [0.3, 0.4) is 0 Å². The Morgan fingerprint density at radius 1 is 1.28 bits per heavy atom. The molecule has 3 heterocycles. The number of aromatic nitrogens is 3. The van der Waals surface area contributed by atoms with Crippen LogP contribution in [0.1, 0.15) is 22.5 Å². The van der Waals surface area contributed by atoms with Gasteiger partial charge in [-0.25, -0.2) is 9.50 Å². The number of fused-ring (bicyclic) bond motifs is 1. The van der Waals surface area contributed by atoms with E-state index in [9.17, 15) is 4.79 Å². The lowest BCUT2D eigenvalue weighted by Gasteiger charge is -2.18. The van der Waals surface area contributed by atoms with E-state index >= 15 is 0 Å². The van der Waals surface area contributed by atoms with E-state index in [0.29, 0.717) is 29.4 Å². The Labute approximate surface area is 146 Å². The number of benzene rings is 1. The van der Waals surface area contributed by atoms with Crippen molar-refractivity contribution in [1.82, 2.24) is 19.9 Å². The number of aryl methyl sites for hydroxylation is 1. The zero-order valence-corrected chi connectivity index (χ0v) is 14.2. The molecule has 0 radical (unpaired) electrons. The second kappa shape index (κ2) is 6.55. The third kappa shape index (κ3) is 3.07. The Hall–Kier alpha value is -2.89. The highest BCUT2D eigenvalue weighted by molar-refractivity contribution is 6.00. The molecule has 4 rings (SSSR count). The first-order valence-corrected chi connectivity index (χ1v) is 8.60. The quantitative estimate of drug-likeness (QED) is 0.795. The number of nitrogens with zero attached hydrogens (tertiary/aromatic N) is 4. The molecule has 0 bridgehead atoms. The van der Waals surface area contributed by atoms with E-state index in [0.717, 1.165) is 19.5 Å². The minimum atomic E-state index is -0.0932. The molecule has 0 spiro atoms. The van der Waals surface area contributed by atoms with Crippen molar-refractivity contribution in [3.05, 3.63) is 60.0 Å². The lowest BCUT2D eigenvalue weighted by atomic mass is 10.1. The van der Waals surface area contributed by atoms with Gasteiger partial charge in [-0.3, -0.25) is 4.79 Å². The van der Waals surface area contributed by atoms with Gasteiger partial charge in [0.05, 0.1) is 5.69 Å². The zero-order valence-electron chi connectivity index (χ0n) is 14.2. The number of anilines is 1. The molecule has 1 amide bonds. The Balaban J connectivity index is 1.40. The largest absolute Gasteiger partial charge is 0.371 e. The molecule has 6 heteroatoms. The molecule has 1 saturated heterocycles. The van der Waals surface area contributed by atoms with Crippen molar-refractivity contribution in [2.75, 3.05) is 24.5 Å². The molecule has 1 atom stereocenters. The molecule has 6 nitrogen and oxygen atoms in total. The van der Waals surface area contributed by atoms with Crippen molar-refractivity contribution in [1.29, 1.82) is 0 Å². The summed E-state index contributed by atoms with van der Waals surface area (Å²) in [7, 11) is 0. The maximum Gasteiger partial charge on any atom is 0.257 e. The first kappa shape index (κ1) is 15.6. The number of amides is 1. The molecule has 25 heavy (non-hydrogen) atoms. The number of nitrogens with one attached hydrogen (secondary N) is 1. The molecule has 1 unspecified atom stereocenters. The van der Waals surface area contributed by atoms with Crippen LogP contribution in [0.4, 0.5) is 5.69 Å². The zero-order chi connectivity index (χ0) is 17.2. The normalized spacial score (nSPS) is 17.2. The van der Waals surface area contributed by atoms with Gasteiger partial charge in [0.2, 0.25) is 0 Å². The molecule has 1 aromatic carbocycles. The van der Waals surface area contributed by atoms with Gasteiger partial charge in [-0.15, -0.1) is 0 Å². The standard InChI is InChI=1S/C19H21N5O/c1-14-17(18-20-9-5-10-24(18)22-14)19(25)21-12-15-8-11-23(13-15)16-6-3-2-4-7-16/h2-7,9-10,15H,8,11-13H2,1H3,(H,21,25). The average molecular weight is 335 g/mol. The molecule has 2 aromatic heterocycles. The van der Waals surface area contributed by atoms with E-state index in [4.69, 9.17) is 0 Å². The van der Waals surface area contributed by atoms with Gasteiger partial charge in [-0.05, 0) is 37.5 Å². The highest BCUT2D eigenvalue weighted by atomic mass is 16.1. The highest BCUT2D eigenvalue weighted by Crippen LogP contribution is 2.23. The molecular weight excluding hydrogens is 314 g/mol. The monoisotopic (exact) mass is 335 g/mol. The molecule has 1 aliphatic rings. The third-order valence-electron chi connectivity index (χ3n) is 4.76. The second-order valence-electron chi connectivity index (χ2n) is 6.49. The van der Waals surface area contributed by atoms with Crippen LogP contribution >= 0.6 is 0 Å². The van der Waals surface area contributed by atoms with Gasteiger partial charge in [0.15, 0.2) is 5.65 Å². The molecule has 0 saturated carbocycles. The minimum absolute atomic E-state index is 0.0932. The van der Waals surface area contributed by atoms with E-state index < -0.39 is 0 Å². The van der Waals surface area contributed by atoms with E-state index in [1.165, 1.54) is 5.69 Å². The minimum Gasteiger partial charge on any atom is -0.371 e. The predicted molar refractivity (Wildman–Crippen MR) is 96.8 cm³/mol. The summed E-state index contributed by atoms with van der Waals surface area (Å²) in [5, 5.41) is 7.42. The fourth-order valence-electron chi connectivity index (χ4n) is 3.46. The first-order valence-electron chi connectivity index (χ1n) is 8.60. The lowest BCUT2D eigenvalue weighted by Crippen LogP contribution is -2.31. The summed E-state index contributed by atoms with van der Waals surface area (Å²) >= 11 is 0. The van der Waals surface area contributed by atoms with Crippen molar-refractivity contribution < 1.29 is 4.79 Å². The van der Waals surface area contributed by atoms with E-state index in [2.05, 4.69) is 44.6 Å². The fraction of sp³-hybridized carbons (Fsp3) is 0.316. The molecular formula is C19H21N5O. The van der Waals surface area contributed by atoms with Crippen molar-refractivity contribution in [3.8, 4) is 0 Å². The topological polar surface area (TPSA) is 62.5 Å². The molecule has 128 valence electrons. The SMILES string of the molecule is Cc1nn2cccnc2c1C(=O)NCC1CCN(c2ccccc2)C1. The highest BCUT2D eigenvalue weighted by Gasteiger charge is 2.24. The van der Waals surface area contributed by atoms with Crippen molar-refractivity contribution in [2.24, 2.45) is 5.92 Å². The van der Waals surface area contributed by atoms with Crippen LogP contribution in [0.2, 0.25) is 0 Å². The van der Waals surface area contributed by atoms with Crippen LogP contribution < -0.4 is 10.2 Å². The average Bonchev–Trinajstić information content (AvgIpc) is 3.24. The molecule has 1 N–H and O–H groups in total. The van der Waals surface area contributed by atoms with Crippen LogP contribution in [-0.4, -0.2) is 40.1 Å². The first-order chi connectivity index (χ1) is 12.2. The maximum absolute atomic E-state index is 12.6. The number of carbonyl (C=O) groups is 1. The van der Waals surface area contributed by atoms with Gasteiger partial charge in [-0.2, -0.15) is 5.10 Å². The van der Waals surface area contributed by atoms with Crippen molar-refractivity contribution >= 4 is 17.2 Å². The summed E-state index contributed by atoms with van der Waals surface area (Å²) < 4.78 is 1.65. The molecule has 1 fully saturated rings. The summed E-state index contributed by atoms with van der Waals surface area (Å²) in [4.78, 5) is 19.3. The Bertz CT molecular complexity index is 889. The van der Waals surface area contributed by atoms with Gasteiger partial charge in [0, 0.05) is 37.7 Å². The lowest BCUT2D eigenvalue weighted by molar-refractivity contribution is 0.0949. The summed E-state index contributed by atoms with van der Waals surface area (Å²) in [6, 6.07) is 12.2. The molecule has 3 aromatic rings. The van der Waals surface area contributed by atoms with Crippen LogP contribution in [-0.2, 0) is 0 Å². The van der Waals surface area contributed by atoms with Crippen LogP contribution in [0.5, 0.6) is 0 Å². The summed E-state index contributed by atoms with van der Waals surface area (Å²) in [6.07, 6.45) is 4.57. The van der Waals surface area contributed by atoms with Crippen LogP contribution in [0.15, 0.2) is 48.8 Å². The maximum atomic E-state index is 12.6. The third-order valence-corrected chi connectivity index (χ3v) is 4.76. The van der Waals surface area contributed by atoms with E-state index in [1.54, 1.807) is 23.0 Å². The van der Waals surface area contributed by atoms with Crippen molar-refractivity contribution in [2.45, 2.75) is 13.3 Å². The van der Waals surface area contributed by atoms with Crippen molar-refractivity contribution in [3.63, 3.8) is 0 Å². The fourth-order valence-corrected chi connectivity index (χ4v) is 3.46. The predicted octanol–water partition coefficient (Wildman–Crippen LogP) is 2.29. The summed E-state index contributed by atoms with van der Waals surface area (Å²) in [6.45, 7) is 4.51. The van der Waals surface area contributed by atoms with Crippen LogP contribution in [0.25, 0.3) is 5.65 Å². The summed E-state index contributed by atoms with van der Waals surface area (Å²) in [5.74, 6) is 0.364. The molecule has 0 aliphatic carbocycles. The molecule has 1 aliphatic heterocycles. The van der Waals surface area contributed by atoms with Gasteiger partial charge >= 0.3 is 0 Å². The number of hydrogen-bond donors (Lipinski definition) is 1. The Morgan fingerprint density at radius 2 is 2.12 bits per heavy atom. The number of rotatable bonds is 4. The Morgan fingerprint density at radius 3 is 2.96 bits per heavy atom. The number of para-hydroxylation sites is 1. The smallest absolute Gasteiger partial charge is 0.257 e. The van der Waals surface area contributed by atoms with Gasteiger partial charge in [0.25, 0.3) is 5.91 Å². The van der Waals surface area contributed by atoms with Gasteiger partial charge < -0.3 is 10.2 Å². The second-order valence-corrected chi connectivity index (χ2v) is 6.49. The summed E-state index contributed by atoms with van der Waals surface area (Å²) in [5.41, 5.74) is 3.13. The van der Waals surface area contributed by atoms with E-state index in [1.807, 2.05) is 13.0 Å². The number of hydrogen-bond acceptors (Lipinski definition) is 4. The van der Waals surface area contributed by atoms with E-state index in [-0.39, 0.29) is 5.91 Å². The Kier molecular flexibility index (Phi) is 4.09. The van der Waals surface area contributed by atoms with Gasteiger partial charge in [0.1, 0.15) is 5.56 Å². The van der Waals surface area contributed by atoms with Crippen LogP contribution in [0, 0.1) is 12.8 Å². The number of carbonyl (C=O) groups excluding carboxylic acids is 1. The van der Waals surface area contributed by atoms with Gasteiger partial charge in [-0.1, -0.05) is 18.2 Å².